The molecule has 9 heteroatoms. The van der Waals surface area contributed by atoms with Gasteiger partial charge in [0, 0.05) is 15.1 Å². The first-order valence-electron chi connectivity index (χ1n) is 10.8. The number of hydrogen-bond acceptors (Lipinski definition) is 5. The molecule has 2 fully saturated rings. The number of imide groups is 1. The maximum atomic E-state index is 14.1. The van der Waals surface area contributed by atoms with Crippen LogP contribution in [0.5, 0.6) is 0 Å². The highest BCUT2D eigenvalue weighted by atomic mass is 35.5. The van der Waals surface area contributed by atoms with Gasteiger partial charge >= 0.3 is 5.97 Å². The minimum Gasteiger partial charge on any atom is -0.468 e. The normalized spacial score (nSPS) is 22.9. The molecule has 0 aliphatic carbocycles. The number of carbonyl (C=O) groups excluding carboxylic acids is 3. The number of fused-ring (bicyclic) bond motifs is 1. The molecule has 2 heterocycles. The van der Waals surface area contributed by atoms with Crippen molar-refractivity contribution in [3.8, 4) is 0 Å². The Kier molecular flexibility index (Phi) is 6.09. The molecule has 0 spiro atoms. The van der Waals surface area contributed by atoms with Crippen LogP contribution in [-0.2, 0) is 24.7 Å². The van der Waals surface area contributed by atoms with Crippen molar-refractivity contribution >= 4 is 58.3 Å². The minimum absolute atomic E-state index is 0.378. The van der Waals surface area contributed by atoms with E-state index in [4.69, 9.17) is 39.5 Å². The molecule has 0 radical (unpaired) electrons. The standard InChI is InChI=1S/C26H19Cl3N2O4/c1-35-25(34)22-20-21(24(33)31(23(20)32)19-12-10-18(29)11-13-19)26(30-22,14-2-6-16(27)7-3-14)15-4-8-17(28)9-5-15/h2-13,20-22,30H,1H3/t20-,21-,22+/m0/s1. The quantitative estimate of drug-likeness (QED) is 0.387. The Morgan fingerprint density at radius 3 is 1.71 bits per heavy atom. The molecular weight excluding hydrogens is 511 g/mol. The van der Waals surface area contributed by atoms with Crippen molar-refractivity contribution in [2.24, 2.45) is 11.8 Å². The Morgan fingerprint density at radius 1 is 0.800 bits per heavy atom. The van der Waals surface area contributed by atoms with E-state index in [2.05, 4.69) is 5.32 Å². The van der Waals surface area contributed by atoms with Crippen LogP contribution in [0.2, 0.25) is 15.1 Å². The topological polar surface area (TPSA) is 75.7 Å². The lowest BCUT2D eigenvalue weighted by molar-refractivity contribution is -0.145. The van der Waals surface area contributed by atoms with Crippen molar-refractivity contribution in [2.75, 3.05) is 12.0 Å². The van der Waals surface area contributed by atoms with E-state index >= 15 is 0 Å². The van der Waals surface area contributed by atoms with Crippen molar-refractivity contribution in [3.63, 3.8) is 0 Å². The first-order valence-corrected chi connectivity index (χ1v) is 11.9. The van der Waals surface area contributed by atoms with Crippen molar-refractivity contribution in [1.82, 2.24) is 5.32 Å². The number of benzene rings is 3. The lowest BCUT2D eigenvalue weighted by atomic mass is 9.72. The van der Waals surface area contributed by atoms with Gasteiger partial charge in [-0.1, -0.05) is 59.1 Å². The summed E-state index contributed by atoms with van der Waals surface area (Å²) >= 11 is 18.3. The molecule has 178 valence electrons. The van der Waals surface area contributed by atoms with E-state index in [1.165, 1.54) is 7.11 Å². The molecule has 0 saturated carbocycles. The van der Waals surface area contributed by atoms with Crippen LogP contribution in [-0.4, -0.2) is 30.9 Å². The molecule has 1 N–H and O–H groups in total. The van der Waals surface area contributed by atoms with Crippen LogP contribution in [0.25, 0.3) is 0 Å². The van der Waals surface area contributed by atoms with Crippen LogP contribution in [0, 0.1) is 11.8 Å². The molecule has 3 atom stereocenters. The van der Waals surface area contributed by atoms with Crippen LogP contribution in [0.3, 0.4) is 0 Å². The molecule has 0 bridgehead atoms. The molecule has 2 aliphatic heterocycles. The second-order valence-electron chi connectivity index (χ2n) is 8.46. The van der Waals surface area contributed by atoms with Crippen LogP contribution >= 0.6 is 34.8 Å². The largest absolute Gasteiger partial charge is 0.468 e. The van der Waals surface area contributed by atoms with Gasteiger partial charge in [-0.15, -0.1) is 0 Å². The zero-order chi connectivity index (χ0) is 24.9. The van der Waals surface area contributed by atoms with E-state index in [0.29, 0.717) is 31.9 Å². The van der Waals surface area contributed by atoms with E-state index in [-0.39, 0.29) is 0 Å². The van der Waals surface area contributed by atoms with Gasteiger partial charge < -0.3 is 4.74 Å². The summed E-state index contributed by atoms with van der Waals surface area (Å²) in [5, 5.41) is 4.81. The van der Waals surface area contributed by atoms with Gasteiger partial charge in [0.15, 0.2) is 0 Å². The lowest BCUT2D eigenvalue weighted by Crippen LogP contribution is -2.51. The number of methoxy groups -OCH3 is 1. The average molecular weight is 530 g/mol. The fourth-order valence-corrected chi connectivity index (χ4v) is 5.58. The molecule has 2 saturated heterocycles. The van der Waals surface area contributed by atoms with E-state index in [1.54, 1.807) is 72.8 Å². The zero-order valence-electron chi connectivity index (χ0n) is 18.4. The van der Waals surface area contributed by atoms with Crippen LogP contribution in [0.4, 0.5) is 5.69 Å². The summed E-state index contributed by atoms with van der Waals surface area (Å²) in [7, 11) is 1.25. The molecule has 6 nitrogen and oxygen atoms in total. The average Bonchev–Trinajstić information content (AvgIpc) is 3.35. The Bertz CT molecular complexity index is 1260. The molecule has 0 aromatic heterocycles. The van der Waals surface area contributed by atoms with Crippen LogP contribution in [0.15, 0.2) is 72.8 Å². The first kappa shape index (κ1) is 23.8. The smallest absolute Gasteiger partial charge is 0.323 e. The summed E-state index contributed by atoms with van der Waals surface area (Å²) in [4.78, 5) is 41.9. The molecule has 0 unspecified atom stereocenters. The second-order valence-corrected chi connectivity index (χ2v) is 9.77. The Balaban J connectivity index is 1.75. The third kappa shape index (κ3) is 3.72. The summed E-state index contributed by atoms with van der Waals surface area (Å²) in [6.07, 6.45) is 0. The summed E-state index contributed by atoms with van der Waals surface area (Å²) < 4.78 is 5.04. The molecule has 2 amide bonds. The van der Waals surface area contributed by atoms with Gasteiger partial charge in [0.05, 0.1) is 30.2 Å². The minimum atomic E-state index is -1.23. The van der Waals surface area contributed by atoms with Gasteiger partial charge in [-0.2, -0.15) is 0 Å². The van der Waals surface area contributed by atoms with Gasteiger partial charge in [-0.05, 0) is 59.7 Å². The number of anilines is 1. The number of nitrogens with zero attached hydrogens (tertiary/aromatic N) is 1. The van der Waals surface area contributed by atoms with Gasteiger partial charge in [0.2, 0.25) is 11.8 Å². The predicted molar refractivity (Wildman–Crippen MR) is 134 cm³/mol. The number of amides is 2. The fraction of sp³-hybridized carbons (Fsp3) is 0.192. The molecular formula is C26H19Cl3N2O4. The summed E-state index contributed by atoms with van der Waals surface area (Å²) in [6.45, 7) is 0. The number of carbonyl (C=O) groups is 3. The number of nitrogens with one attached hydrogen (secondary N) is 1. The maximum absolute atomic E-state index is 14.1. The summed E-state index contributed by atoms with van der Waals surface area (Å²) in [6, 6.07) is 19.3. The molecule has 3 aromatic carbocycles. The highest BCUT2D eigenvalue weighted by molar-refractivity contribution is 6.31. The Labute approximate surface area is 216 Å². The highest BCUT2D eigenvalue weighted by Crippen LogP contribution is 2.52. The Hall–Kier alpha value is -2.90. The van der Waals surface area contributed by atoms with Gasteiger partial charge in [-0.25, -0.2) is 4.90 Å². The first-order chi connectivity index (χ1) is 16.8. The monoisotopic (exact) mass is 528 g/mol. The van der Waals surface area contributed by atoms with E-state index < -0.39 is 41.2 Å². The fourth-order valence-electron chi connectivity index (χ4n) is 5.20. The van der Waals surface area contributed by atoms with E-state index in [0.717, 1.165) is 4.90 Å². The number of rotatable bonds is 4. The number of ether oxygens (including phenoxy) is 1. The SMILES string of the molecule is COC(=O)[C@@H]1NC(c2ccc(Cl)cc2)(c2ccc(Cl)cc2)[C@@H]2C(=O)N(c3ccc(Cl)cc3)C(=O)[C@@H]21. The molecule has 3 aromatic rings. The lowest BCUT2D eigenvalue weighted by Gasteiger charge is -2.36. The number of hydrogen-bond donors (Lipinski definition) is 1. The molecule has 5 rings (SSSR count). The van der Waals surface area contributed by atoms with Crippen LogP contribution in [0.1, 0.15) is 11.1 Å². The summed E-state index contributed by atoms with van der Waals surface area (Å²) in [5.74, 6) is -3.51. The van der Waals surface area contributed by atoms with Gasteiger partial charge in [0.1, 0.15) is 6.04 Å². The van der Waals surface area contributed by atoms with Crippen LogP contribution < -0.4 is 10.2 Å². The van der Waals surface area contributed by atoms with Crippen molar-refractivity contribution < 1.29 is 19.1 Å². The van der Waals surface area contributed by atoms with Gasteiger partial charge in [-0.3, -0.25) is 19.7 Å². The number of halogens is 3. The molecule has 2 aliphatic rings. The van der Waals surface area contributed by atoms with Gasteiger partial charge in [0.25, 0.3) is 0 Å². The third-order valence-corrected chi connectivity index (χ3v) is 7.45. The van der Waals surface area contributed by atoms with E-state index in [1.807, 2.05) is 0 Å². The summed E-state index contributed by atoms with van der Waals surface area (Å²) in [5.41, 5.74) is 0.491. The molecule has 35 heavy (non-hydrogen) atoms. The Morgan fingerprint density at radius 2 is 1.26 bits per heavy atom. The van der Waals surface area contributed by atoms with Crippen molar-refractivity contribution in [3.05, 3.63) is 99.0 Å². The highest BCUT2D eigenvalue weighted by Gasteiger charge is 2.68. The van der Waals surface area contributed by atoms with Crippen molar-refractivity contribution in [2.45, 2.75) is 11.6 Å². The van der Waals surface area contributed by atoms with Crippen molar-refractivity contribution in [1.29, 1.82) is 0 Å². The second kappa shape index (κ2) is 8.95. The zero-order valence-corrected chi connectivity index (χ0v) is 20.6. The maximum Gasteiger partial charge on any atom is 0.323 e. The third-order valence-electron chi connectivity index (χ3n) is 6.70. The predicted octanol–water partition coefficient (Wildman–Crippen LogP) is 4.84. The van der Waals surface area contributed by atoms with E-state index in [9.17, 15) is 14.4 Å². The number of esters is 1.